The molecule has 0 spiro atoms. The first-order valence-corrected chi connectivity index (χ1v) is 7.39. The number of aromatic nitrogens is 2. The average Bonchev–Trinajstić information content (AvgIpc) is 2.97. The van der Waals surface area contributed by atoms with Crippen molar-refractivity contribution >= 4 is 0 Å². The summed E-state index contributed by atoms with van der Waals surface area (Å²) in [6, 6.07) is 8.12. The molecule has 4 heteroatoms. The summed E-state index contributed by atoms with van der Waals surface area (Å²) >= 11 is 0. The molecule has 1 aromatic carbocycles. The lowest BCUT2D eigenvalue weighted by atomic mass is 9.79. The van der Waals surface area contributed by atoms with Gasteiger partial charge in [0, 0.05) is 11.5 Å². The van der Waals surface area contributed by atoms with E-state index >= 15 is 0 Å². The Labute approximate surface area is 119 Å². The minimum absolute atomic E-state index is 0.332. The van der Waals surface area contributed by atoms with Crippen LogP contribution in [0.5, 0.6) is 0 Å². The van der Waals surface area contributed by atoms with Crippen molar-refractivity contribution in [3.8, 4) is 11.4 Å². The zero-order valence-electron chi connectivity index (χ0n) is 11.9. The first-order chi connectivity index (χ1) is 9.79. The molecule has 2 atom stereocenters. The Kier molecular flexibility index (Phi) is 3.83. The third-order valence-electron chi connectivity index (χ3n) is 4.36. The molecule has 3 rings (SSSR count). The van der Waals surface area contributed by atoms with Gasteiger partial charge in [0.05, 0.1) is 0 Å². The van der Waals surface area contributed by atoms with Gasteiger partial charge >= 0.3 is 0 Å². The molecule has 20 heavy (non-hydrogen) atoms. The van der Waals surface area contributed by atoms with Gasteiger partial charge in [0.2, 0.25) is 11.7 Å². The molecule has 0 aliphatic heterocycles. The van der Waals surface area contributed by atoms with Crippen LogP contribution in [0.15, 0.2) is 28.8 Å². The first kappa shape index (κ1) is 13.3. The number of nitrogens with two attached hydrogens (primary N) is 1. The average molecular weight is 271 g/mol. The quantitative estimate of drug-likeness (QED) is 0.930. The highest BCUT2D eigenvalue weighted by atomic mass is 16.5. The Morgan fingerprint density at radius 1 is 1.25 bits per heavy atom. The number of rotatable bonds is 3. The minimum Gasteiger partial charge on any atom is -0.339 e. The van der Waals surface area contributed by atoms with Crippen LogP contribution in [0.3, 0.4) is 0 Å². The number of nitrogens with zero attached hydrogens (tertiary/aromatic N) is 2. The Bertz CT molecular complexity index is 579. The highest BCUT2D eigenvalue weighted by molar-refractivity contribution is 5.59. The van der Waals surface area contributed by atoms with Crippen LogP contribution in [-0.2, 0) is 0 Å². The van der Waals surface area contributed by atoms with Gasteiger partial charge in [-0.25, -0.2) is 0 Å². The topological polar surface area (TPSA) is 64.9 Å². The normalized spacial score (nSPS) is 22.9. The molecule has 2 unspecified atom stereocenters. The van der Waals surface area contributed by atoms with Crippen LogP contribution in [0.1, 0.15) is 43.1 Å². The molecular weight excluding hydrogens is 250 g/mol. The summed E-state index contributed by atoms with van der Waals surface area (Å²) in [6.07, 6.45) is 4.76. The lowest BCUT2D eigenvalue weighted by Crippen LogP contribution is -2.25. The second-order valence-corrected chi connectivity index (χ2v) is 5.66. The van der Waals surface area contributed by atoms with Crippen molar-refractivity contribution in [3.63, 3.8) is 0 Å². The molecule has 1 aliphatic carbocycles. The van der Waals surface area contributed by atoms with Gasteiger partial charge < -0.3 is 10.3 Å². The van der Waals surface area contributed by atoms with Crippen LogP contribution in [0, 0.1) is 12.8 Å². The monoisotopic (exact) mass is 271 g/mol. The lowest BCUT2D eigenvalue weighted by molar-refractivity contribution is 0.249. The van der Waals surface area contributed by atoms with Crippen molar-refractivity contribution in [2.45, 2.75) is 38.5 Å². The molecule has 0 bridgehead atoms. The van der Waals surface area contributed by atoms with Gasteiger partial charge in [-0.1, -0.05) is 42.3 Å². The van der Waals surface area contributed by atoms with Crippen LogP contribution in [0.2, 0.25) is 0 Å². The van der Waals surface area contributed by atoms with Crippen LogP contribution in [0.25, 0.3) is 11.4 Å². The molecule has 1 heterocycles. The summed E-state index contributed by atoms with van der Waals surface area (Å²) in [5, 5.41) is 4.16. The highest BCUT2D eigenvalue weighted by Gasteiger charge is 2.30. The minimum atomic E-state index is 0.332. The fraction of sp³-hybridized carbons (Fsp3) is 0.500. The second kappa shape index (κ2) is 5.75. The summed E-state index contributed by atoms with van der Waals surface area (Å²) < 4.78 is 5.53. The molecular formula is C16H21N3O. The Morgan fingerprint density at radius 3 is 2.85 bits per heavy atom. The molecule has 1 fully saturated rings. The molecule has 2 N–H and O–H groups in total. The summed E-state index contributed by atoms with van der Waals surface area (Å²) in [5.41, 5.74) is 8.09. The summed E-state index contributed by atoms with van der Waals surface area (Å²) in [4.78, 5) is 4.63. The molecule has 0 saturated heterocycles. The Hall–Kier alpha value is -1.68. The Balaban J connectivity index is 1.88. The van der Waals surface area contributed by atoms with Gasteiger partial charge in [0.15, 0.2) is 0 Å². The van der Waals surface area contributed by atoms with E-state index in [9.17, 15) is 0 Å². The van der Waals surface area contributed by atoms with Gasteiger partial charge in [-0.05, 0) is 37.8 Å². The van der Waals surface area contributed by atoms with E-state index in [2.05, 4.69) is 23.1 Å². The van der Waals surface area contributed by atoms with Crippen molar-refractivity contribution in [3.05, 3.63) is 35.7 Å². The van der Waals surface area contributed by atoms with Crippen LogP contribution in [-0.4, -0.2) is 16.7 Å². The van der Waals surface area contributed by atoms with Crippen molar-refractivity contribution in [2.75, 3.05) is 6.54 Å². The van der Waals surface area contributed by atoms with E-state index < -0.39 is 0 Å². The van der Waals surface area contributed by atoms with Crippen molar-refractivity contribution in [1.82, 2.24) is 10.1 Å². The molecule has 1 aromatic heterocycles. The molecule has 1 saturated carbocycles. The largest absolute Gasteiger partial charge is 0.339 e. The van der Waals surface area contributed by atoms with E-state index in [1.54, 1.807) is 0 Å². The fourth-order valence-electron chi connectivity index (χ4n) is 3.13. The van der Waals surface area contributed by atoms with E-state index in [1.807, 2.05) is 18.2 Å². The number of benzene rings is 1. The van der Waals surface area contributed by atoms with Crippen LogP contribution < -0.4 is 5.73 Å². The summed E-state index contributed by atoms with van der Waals surface area (Å²) in [5.74, 6) is 2.27. The third-order valence-corrected chi connectivity index (χ3v) is 4.36. The number of hydrogen-bond donors (Lipinski definition) is 1. The number of aryl methyl sites for hydroxylation is 1. The highest BCUT2D eigenvalue weighted by Crippen LogP contribution is 2.37. The lowest BCUT2D eigenvalue weighted by Gasteiger charge is -2.27. The molecule has 2 aromatic rings. The van der Waals surface area contributed by atoms with E-state index in [0.29, 0.717) is 24.2 Å². The van der Waals surface area contributed by atoms with Gasteiger partial charge in [-0.3, -0.25) is 0 Å². The molecule has 4 nitrogen and oxygen atoms in total. The van der Waals surface area contributed by atoms with Crippen molar-refractivity contribution in [2.24, 2.45) is 11.7 Å². The predicted molar refractivity (Wildman–Crippen MR) is 78.2 cm³/mol. The zero-order valence-corrected chi connectivity index (χ0v) is 11.9. The van der Waals surface area contributed by atoms with Gasteiger partial charge in [-0.15, -0.1) is 0 Å². The van der Waals surface area contributed by atoms with Crippen molar-refractivity contribution in [1.29, 1.82) is 0 Å². The van der Waals surface area contributed by atoms with Gasteiger partial charge in [0.1, 0.15) is 0 Å². The second-order valence-electron chi connectivity index (χ2n) is 5.66. The standard InChI is InChI=1S/C16H21N3O/c1-11-6-2-4-8-13(11)15-18-16(20-19-15)14-9-5-3-7-12(14)10-17/h2,4,6,8,12,14H,3,5,7,9-10,17H2,1H3. The number of hydrogen-bond acceptors (Lipinski definition) is 4. The third kappa shape index (κ3) is 2.48. The molecule has 0 amide bonds. The summed E-state index contributed by atoms with van der Waals surface area (Å²) in [6.45, 7) is 2.77. The van der Waals surface area contributed by atoms with Crippen LogP contribution in [0.4, 0.5) is 0 Å². The molecule has 1 aliphatic rings. The van der Waals surface area contributed by atoms with Crippen LogP contribution >= 0.6 is 0 Å². The van der Waals surface area contributed by atoms with Crippen molar-refractivity contribution < 1.29 is 4.52 Å². The van der Waals surface area contributed by atoms with E-state index in [4.69, 9.17) is 10.3 Å². The van der Waals surface area contributed by atoms with E-state index in [0.717, 1.165) is 17.9 Å². The van der Waals surface area contributed by atoms with Gasteiger partial charge in [-0.2, -0.15) is 4.98 Å². The summed E-state index contributed by atoms with van der Waals surface area (Å²) in [7, 11) is 0. The fourth-order valence-corrected chi connectivity index (χ4v) is 3.13. The maximum Gasteiger partial charge on any atom is 0.230 e. The first-order valence-electron chi connectivity index (χ1n) is 7.39. The predicted octanol–water partition coefficient (Wildman–Crippen LogP) is 3.28. The maximum absolute atomic E-state index is 5.88. The zero-order chi connectivity index (χ0) is 13.9. The van der Waals surface area contributed by atoms with Gasteiger partial charge in [0.25, 0.3) is 0 Å². The Morgan fingerprint density at radius 2 is 2.05 bits per heavy atom. The molecule has 106 valence electrons. The maximum atomic E-state index is 5.88. The SMILES string of the molecule is Cc1ccccc1-c1noc(C2CCCCC2CN)n1. The van der Waals surface area contributed by atoms with E-state index in [-0.39, 0.29) is 0 Å². The van der Waals surface area contributed by atoms with E-state index in [1.165, 1.54) is 24.8 Å². The molecule has 0 radical (unpaired) electrons. The smallest absolute Gasteiger partial charge is 0.230 e.